The SMILES string of the molecule is CC(=O)N1CCC(CO)(Cc2ccc(OC(=O)c3ccccc3)cc2)CC1. The molecule has 1 N–H and O–H groups in total. The normalized spacial score (nSPS) is 16.0. The zero-order chi connectivity index (χ0) is 19.3. The van der Waals surface area contributed by atoms with Gasteiger partial charge in [0.1, 0.15) is 5.75 Å². The summed E-state index contributed by atoms with van der Waals surface area (Å²) in [4.78, 5) is 25.5. The molecule has 5 nitrogen and oxygen atoms in total. The lowest BCUT2D eigenvalue weighted by Gasteiger charge is -2.40. The van der Waals surface area contributed by atoms with Crippen LogP contribution in [0.3, 0.4) is 0 Å². The Bertz CT molecular complexity index is 778. The van der Waals surface area contributed by atoms with Gasteiger partial charge in [0, 0.05) is 32.0 Å². The number of likely N-dealkylation sites (tertiary alicyclic amines) is 1. The summed E-state index contributed by atoms with van der Waals surface area (Å²) in [6, 6.07) is 16.3. The summed E-state index contributed by atoms with van der Waals surface area (Å²) in [5, 5.41) is 9.95. The first-order chi connectivity index (χ1) is 13.0. The minimum absolute atomic E-state index is 0.0890. The molecule has 0 aromatic heterocycles. The van der Waals surface area contributed by atoms with Crippen LogP contribution in [0.15, 0.2) is 54.6 Å². The maximum absolute atomic E-state index is 12.1. The van der Waals surface area contributed by atoms with E-state index in [1.54, 1.807) is 43.3 Å². The van der Waals surface area contributed by atoms with Crippen molar-refractivity contribution < 1.29 is 19.4 Å². The number of esters is 1. The average Bonchev–Trinajstić information content (AvgIpc) is 2.70. The Morgan fingerprint density at radius 2 is 1.67 bits per heavy atom. The lowest BCUT2D eigenvalue weighted by molar-refractivity contribution is -0.131. The average molecular weight is 367 g/mol. The van der Waals surface area contributed by atoms with Crippen molar-refractivity contribution in [3.05, 3.63) is 65.7 Å². The van der Waals surface area contributed by atoms with Crippen LogP contribution >= 0.6 is 0 Å². The van der Waals surface area contributed by atoms with Crippen LogP contribution in [-0.2, 0) is 11.2 Å². The van der Waals surface area contributed by atoms with E-state index in [2.05, 4.69) is 0 Å². The fourth-order valence-corrected chi connectivity index (χ4v) is 3.54. The molecule has 0 unspecified atom stereocenters. The van der Waals surface area contributed by atoms with Crippen molar-refractivity contribution in [2.75, 3.05) is 19.7 Å². The third-order valence-corrected chi connectivity index (χ3v) is 5.33. The third-order valence-electron chi connectivity index (χ3n) is 5.33. The highest BCUT2D eigenvalue weighted by Crippen LogP contribution is 2.35. The van der Waals surface area contributed by atoms with Gasteiger partial charge in [0.25, 0.3) is 0 Å². The number of carbonyl (C=O) groups is 2. The molecule has 2 aromatic carbocycles. The molecule has 0 radical (unpaired) electrons. The van der Waals surface area contributed by atoms with E-state index in [4.69, 9.17) is 4.74 Å². The second-order valence-electron chi connectivity index (χ2n) is 7.24. The van der Waals surface area contributed by atoms with Crippen LogP contribution in [0.4, 0.5) is 0 Å². The highest BCUT2D eigenvalue weighted by atomic mass is 16.5. The number of amides is 1. The van der Waals surface area contributed by atoms with Gasteiger partial charge in [-0.15, -0.1) is 0 Å². The van der Waals surface area contributed by atoms with Gasteiger partial charge in [-0.2, -0.15) is 0 Å². The zero-order valence-electron chi connectivity index (χ0n) is 15.6. The molecule has 1 aliphatic rings. The molecule has 0 atom stereocenters. The topological polar surface area (TPSA) is 66.8 Å². The van der Waals surface area contributed by atoms with E-state index >= 15 is 0 Å². The van der Waals surface area contributed by atoms with Crippen LogP contribution < -0.4 is 4.74 Å². The van der Waals surface area contributed by atoms with Crippen molar-refractivity contribution in [3.63, 3.8) is 0 Å². The van der Waals surface area contributed by atoms with Gasteiger partial charge in [-0.25, -0.2) is 4.79 Å². The molecule has 0 aliphatic carbocycles. The van der Waals surface area contributed by atoms with Crippen molar-refractivity contribution in [1.29, 1.82) is 0 Å². The van der Waals surface area contributed by atoms with E-state index in [0.29, 0.717) is 24.4 Å². The van der Waals surface area contributed by atoms with E-state index in [9.17, 15) is 14.7 Å². The monoisotopic (exact) mass is 367 g/mol. The maximum atomic E-state index is 12.1. The highest BCUT2D eigenvalue weighted by Gasteiger charge is 2.34. The Balaban J connectivity index is 1.61. The number of hydrogen-bond acceptors (Lipinski definition) is 4. The van der Waals surface area contributed by atoms with Gasteiger partial charge in [-0.3, -0.25) is 4.79 Å². The number of ether oxygens (including phenoxy) is 1. The first-order valence-electron chi connectivity index (χ1n) is 9.24. The number of nitrogens with zero attached hydrogens (tertiary/aromatic N) is 1. The van der Waals surface area contributed by atoms with Crippen LogP contribution in [0, 0.1) is 5.41 Å². The Hall–Kier alpha value is -2.66. The lowest BCUT2D eigenvalue weighted by atomic mass is 9.74. The van der Waals surface area contributed by atoms with Gasteiger partial charge in [-0.1, -0.05) is 30.3 Å². The zero-order valence-corrected chi connectivity index (χ0v) is 15.6. The van der Waals surface area contributed by atoms with Crippen LogP contribution in [-0.4, -0.2) is 41.6 Å². The predicted molar refractivity (Wildman–Crippen MR) is 103 cm³/mol. The molecule has 142 valence electrons. The Morgan fingerprint density at radius 3 is 2.22 bits per heavy atom. The molecule has 3 rings (SSSR count). The maximum Gasteiger partial charge on any atom is 0.343 e. The van der Waals surface area contributed by atoms with Gasteiger partial charge < -0.3 is 14.7 Å². The molecule has 0 bridgehead atoms. The van der Waals surface area contributed by atoms with Gasteiger partial charge in [0.15, 0.2) is 0 Å². The number of carbonyl (C=O) groups excluding carboxylic acids is 2. The first-order valence-corrected chi connectivity index (χ1v) is 9.24. The summed E-state index contributed by atoms with van der Waals surface area (Å²) < 4.78 is 5.40. The lowest BCUT2D eigenvalue weighted by Crippen LogP contribution is -2.44. The van der Waals surface area contributed by atoms with Crippen LogP contribution in [0.1, 0.15) is 35.7 Å². The molecule has 5 heteroatoms. The number of rotatable bonds is 5. The van der Waals surface area contributed by atoms with Crippen LogP contribution in [0.2, 0.25) is 0 Å². The molecule has 1 fully saturated rings. The van der Waals surface area contributed by atoms with E-state index in [1.165, 1.54) is 0 Å². The fraction of sp³-hybridized carbons (Fsp3) is 0.364. The molecule has 1 aliphatic heterocycles. The molecular weight excluding hydrogens is 342 g/mol. The molecule has 1 heterocycles. The van der Waals surface area contributed by atoms with Crippen molar-refractivity contribution >= 4 is 11.9 Å². The molecule has 27 heavy (non-hydrogen) atoms. The van der Waals surface area contributed by atoms with E-state index in [0.717, 1.165) is 24.8 Å². The van der Waals surface area contributed by atoms with Gasteiger partial charge >= 0.3 is 5.97 Å². The van der Waals surface area contributed by atoms with Crippen molar-refractivity contribution in [2.24, 2.45) is 5.41 Å². The predicted octanol–water partition coefficient (Wildman–Crippen LogP) is 3.07. The van der Waals surface area contributed by atoms with Gasteiger partial charge in [-0.05, 0) is 49.1 Å². The quantitative estimate of drug-likeness (QED) is 0.651. The third kappa shape index (κ3) is 4.74. The van der Waals surface area contributed by atoms with E-state index in [-0.39, 0.29) is 23.9 Å². The summed E-state index contributed by atoms with van der Waals surface area (Å²) in [5.41, 5.74) is 1.40. The highest BCUT2D eigenvalue weighted by molar-refractivity contribution is 5.90. The summed E-state index contributed by atoms with van der Waals surface area (Å²) in [7, 11) is 0. The van der Waals surface area contributed by atoms with Gasteiger partial charge in [0.05, 0.1) is 5.56 Å². The number of piperidine rings is 1. The summed E-state index contributed by atoms with van der Waals surface area (Å²) in [6.45, 7) is 3.05. The molecule has 2 aromatic rings. The minimum atomic E-state index is -0.383. The van der Waals surface area contributed by atoms with Crippen molar-refractivity contribution in [2.45, 2.75) is 26.2 Å². The van der Waals surface area contributed by atoms with Crippen molar-refractivity contribution in [1.82, 2.24) is 4.90 Å². The number of aliphatic hydroxyl groups excluding tert-OH is 1. The molecule has 1 amide bonds. The number of hydrogen-bond donors (Lipinski definition) is 1. The Kier molecular flexibility index (Phi) is 5.91. The van der Waals surface area contributed by atoms with Crippen LogP contribution in [0.5, 0.6) is 5.75 Å². The summed E-state index contributed by atoms with van der Waals surface area (Å²) >= 11 is 0. The first kappa shape index (κ1) is 19.1. The van der Waals surface area contributed by atoms with E-state index in [1.807, 2.05) is 23.1 Å². The summed E-state index contributed by atoms with van der Waals surface area (Å²) in [5.74, 6) is 0.204. The smallest absolute Gasteiger partial charge is 0.343 e. The van der Waals surface area contributed by atoms with Crippen LogP contribution in [0.25, 0.3) is 0 Å². The molecular formula is C22H25NO4. The van der Waals surface area contributed by atoms with Crippen molar-refractivity contribution in [3.8, 4) is 5.75 Å². The Morgan fingerprint density at radius 1 is 1.04 bits per heavy atom. The summed E-state index contributed by atoms with van der Waals surface area (Å²) in [6.07, 6.45) is 2.31. The molecule has 1 saturated heterocycles. The second kappa shape index (κ2) is 8.35. The fourth-order valence-electron chi connectivity index (χ4n) is 3.54. The number of benzene rings is 2. The van der Waals surface area contributed by atoms with Gasteiger partial charge in [0.2, 0.25) is 5.91 Å². The largest absolute Gasteiger partial charge is 0.423 e. The second-order valence-corrected chi connectivity index (χ2v) is 7.24. The minimum Gasteiger partial charge on any atom is -0.423 e. The molecule has 0 saturated carbocycles. The standard InChI is InChI=1S/C22H25NO4/c1-17(25)23-13-11-22(16-24,12-14-23)15-18-7-9-20(10-8-18)27-21(26)19-5-3-2-4-6-19/h2-10,24H,11-16H2,1H3. The Labute approximate surface area is 159 Å². The molecule has 0 spiro atoms. The number of aliphatic hydroxyl groups is 1. The van der Waals surface area contributed by atoms with E-state index < -0.39 is 0 Å².